The Morgan fingerprint density at radius 1 is 1.14 bits per heavy atom. The molecule has 8 nitrogen and oxygen atoms in total. The fourth-order valence-electron chi connectivity index (χ4n) is 4.00. The van der Waals surface area contributed by atoms with Crippen LogP contribution >= 0.6 is 0 Å². The normalized spacial score (nSPS) is 22.9. The third-order valence-electron chi connectivity index (χ3n) is 6.09. The van der Waals surface area contributed by atoms with Gasteiger partial charge in [-0.15, -0.1) is 0 Å². The highest BCUT2D eigenvalue weighted by Gasteiger charge is 2.45. The molecule has 3 N–H and O–H groups in total. The van der Waals surface area contributed by atoms with Crippen LogP contribution in [0.1, 0.15) is 53.0 Å². The van der Waals surface area contributed by atoms with Crippen LogP contribution in [0.25, 0.3) is 0 Å². The van der Waals surface area contributed by atoms with Gasteiger partial charge in [-0.25, -0.2) is 0 Å². The maximum Gasteiger partial charge on any atom is 0.262 e. The average molecular weight is 384 g/mol. The van der Waals surface area contributed by atoms with Crippen LogP contribution in [-0.4, -0.2) is 53.2 Å². The van der Waals surface area contributed by atoms with E-state index in [1.165, 1.54) is 0 Å². The molecule has 0 radical (unpaired) electrons. The van der Waals surface area contributed by atoms with Gasteiger partial charge in [0, 0.05) is 37.5 Å². The van der Waals surface area contributed by atoms with Crippen LogP contribution in [-0.2, 0) is 16.1 Å². The molecular weight excluding hydrogens is 360 g/mol. The van der Waals surface area contributed by atoms with Crippen molar-refractivity contribution >= 4 is 23.6 Å². The molecule has 2 saturated heterocycles. The molecule has 1 unspecified atom stereocenters. The third kappa shape index (κ3) is 3.02. The minimum atomic E-state index is -0.941. The second-order valence-electron chi connectivity index (χ2n) is 8.22. The summed E-state index contributed by atoms with van der Waals surface area (Å²) in [5.74, 6) is -1.41. The number of rotatable bonds is 5. The number of benzene rings is 1. The summed E-state index contributed by atoms with van der Waals surface area (Å²) in [6.07, 6.45) is 0.271. The van der Waals surface area contributed by atoms with Crippen LogP contribution in [0.4, 0.5) is 0 Å². The lowest BCUT2D eigenvalue weighted by atomic mass is 9.83. The molecule has 1 atom stereocenters. The highest BCUT2D eigenvalue weighted by molar-refractivity contribution is 6.24. The topological polar surface area (TPSA) is 108 Å². The number of amides is 4. The summed E-state index contributed by atoms with van der Waals surface area (Å²) in [6.45, 7) is 6.62. The lowest BCUT2D eigenvalue weighted by Gasteiger charge is -2.41. The van der Waals surface area contributed by atoms with Crippen molar-refractivity contribution in [2.45, 2.75) is 44.8 Å². The Kier molecular flexibility index (Phi) is 4.55. The van der Waals surface area contributed by atoms with E-state index in [0.717, 1.165) is 23.6 Å². The zero-order valence-electron chi connectivity index (χ0n) is 16.0. The number of piperidine rings is 1. The van der Waals surface area contributed by atoms with Crippen molar-refractivity contribution in [1.82, 2.24) is 20.9 Å². The maximum absolute atomic E-state index is 13.1. The summed E-state index contributed by atoms with van der Waals surface area (Å²) in [7, 11) is 0. The molecule has 4 rings (SSSR count). The summed E-state index contributed by atoms with van der Waals surface area (Å²) < 4.78 is 0. The lowest BCUT2D eigenvalue weighted by molar-refractivity contribution is -0.136. The van der Waals surface area contributed by atoms with Crippen molar-refractivity contribution in [2.75, 3.05) is 13.1 Å². The first-order chi connectivity index (χ1) is 13.3. The Morgan fingerprint density at radius 2 is 1.89 bits per heavy atom. The molecule has 2 fully saturated rings. The fraction of sp³-hybridized carbons (Fsp3) is 0.500. The van der Waals surface area contributed by atoms with Crippen molar-refractivity contribution in [2.24, 2.45) is 5.92 Å². The van der Waals surface area contributed by atoms with E-state index >= 15 is 0 Å². The number of imide groups is 2. The number of hydrogen-bond acceptors (Lipinski definition) is 6. The molecule has 3 aliphatic rings. The first-order valence-corrected chi connectivity index (χ1v) is 9.59. The predicted molar refractivity (Wildman–Crippen MR) is 100 cm³/mol. The molecule has 1 aromatic rings. The van der Waals surface area contributed by atoms with E-state index in [0.29, 0.717) is 23.6 Å². The number of carbonyl (C=O) groups is 4. The van der Waals surface area contributed by atoms with Gasteiger partial charge in [0.2, 0.25) is 11.8 Å². The quantitative estimate of drug-likeness (QED) is 0.625. The summed E-state index contributed by atoms with van der Waals surface area (Å²) >= 11 is 0. The molecule has 0 saturated carbocycles. The maximum atomic E-state index is 13.1. The molecule has 0 bridgehead atoms. The molecule has 3 heterocycles. The molecule has 0 spiro atoms. The molecule has 8 heteroatoms. The second kappa shape index (κ2) is 6.79. The van der Waals surface area contributed by atoms with Gasteiger partial charge < -0.3 is 10.6 Å². The summed E-state index contributed by atoms with van der Waals surface area (Å²) in [6, 6.07) is 4.27. The van der Waals surface area contributed by atoms with Crippen molar-refractivity contribution in [1.29, 1.82) is 0 Å². The number of nitrogens with one attached hydrogen (secondary N) is 3. The summed E-state index contributed by atoms with van der Waals surface area (Å²) in [5.41, 5.74) is 1.30. The standard InChI is InChI=1S/C20H24N4O4/c1-20(2,12-9-21-10-12)22-8-11-4-3-5-13-16(11)19(28)24(18(13)27)14-6-7-15(25)23-17(14)26/h3-5,12,14,21-22H,6-10H2,1-2H3,(H,23,25,26). The van der Waals surface area contributed by atoms with Gasteiger partial charge in [0.05, 0.1) is 11.1 Å². The Hall–Kier alpha value is -2.58. The average Bonchev–Trinajstić information content (AvgIpc) is 2.83. The van der Waals surface area contributed by atoms with E-state index in [2.05, 4.69) is 29.8 Å². The van der Waals surface area contributed by atoms with Crippen LogP contribution in [0.3, 0.4) is 0 Å². The monoisotopic (exact) mass is 384 g/mol. The summed E-state index contributed by atoms with van der Waals surface area (Å²) in [5, 5.41) is 8.98. The van der Waals surface area contributed by atoms with Crippen molar-refractivity contribution in [3.63, 3.8) is 0 Å². The fourth-order valence-corrected chi connectivity index (χ4v) is 4.00. The second-order valence-corrected chi connectivity index (χ2v) is 8.22. The lowest BCUT2D eigenvalue weighted by Crippen LogP contribution is -2.59. The number of carbonyl (C=O) groups excluding carboxylic acids is 4. The molecule has 3 aliphatic heterocycles. The molecular formula is C20H24N4O4. The minimum Gasteiger partial charge on any atom is -0.316 e. The van der Waals surface area contributed by atoms with Crippen molar-refractivity contribution in [3.8, 4) is 0 Å². The smallest absolute Gasteiger partial charge is 0.262 e. The van der Waals surface area contributed by atoms with Gasteiger partial charge in [0.25, 0.3) is 11.8 Å². The van der Waals surface area contributed by atoms with Gasteiger partial charge in [-0.1, -0.05) is 12.1 Å². The predicted octanol–water partition coefficient (Wildman–Crippen LogP) is 0.175. The van der Waals surface area contributed by atoms with Crippen molar-refractivity contribution in [3.05, 3.63) is 34.9 Å². The zero-order chi connectivity index (χ0) is 20.1. The van der Waals surface area contributed by atoms with Gasteiger partial charge in [-0.3, -0.25) is 29.4 Å². The Labute approximate surface area is 163 Å². The molecule has 4 amide bonds. The Morgan fingerprint density at radius 3 is 2.54 bits per heavy atom. The van der Waals surface area contributed by atoms with Crippen LogP contribution in [0.2, 0.25) is 0 Å². The highest BCUT2D eigenvalue weighted by atomic mass is 16.2. The van der Waals surface area contributed by atoms with Gasteiger partial charge in [-0.05, 0) is 31.9 Å². The minimum absolute atomic E-state index is 0.108. The number of hydrogen-bond donors (Lipinski definition) is 3. The van der Waals surface area contributed by atoms with Gasteiger partial charge in [0.15, 0.2) is 0 Å². The van der Waals surface area contributed by atoms with E-state index in [-0.39, 0.29) is 24.3 Å². The van der Waals surface area contributed by atoms with Crippen molar-refractivity contribution < 1.29 is 19.2 Å². The first kappa shape index (κ1) is 18.8. The molecule has 148 valence electrons. The largest absolute Gasteiger partial charge is 0.316 e. The van der Waals surface area contributed by atoms with E-state index in [1.54, 1.807) is 12.1 Å². The van der Waals surface area contributed by atoms with Crippen LogP contribution in [0, 0.1) is 5.92 Å². The van der Waals surface area contributed by atoms with E-state index in [1.807, 2.05) is 6.07 Å². The van der Waals surface area contributed by atoms with Crippen LogP contribution in [0.15, 0.2) is 18.2 Å². The van der Waals surface area contributed by atoms with Gasteiger partial charge >= 0.3 is 0 Å². The van der Waals surface area contributed by atoms with Crippen LogP contribution < -0.4 is 16.0 Å². The van der Waals surface area contributed by atoms with E-state index in [9.17, 15) is 19.2 Å². The Balaban J connectivity index is 1.57. The van der Waals surface area contributed by atoms with E-state index < -0.39 is 23.8 Å². The summed E-state index contributed by atoms with van der Waals surface area (Å²) in [4.78, 5) is 50.5. The van der Waals surface area contributed by atoms with Gasteiger partial charge in [0.1, 0.15) is 6.04 Å². The SMILES string of the molecule is CC(C)(NCc1cccc2c1C(=O)N(C1CCC(=O)NC1=O)C2=O)C1CNC1. The third-order valence-corrected chi connectivity index (χ3v) is 6.09. The van der Waals surface area contributed by atoms with Gasteiger partial charge in [-0.2, -0.15) is 0 Å². The number of fused-ring (bicyclic) bond motifs is 1. The Bertz CT molecular complexity index is 875. The zero-order valence-corrected chi connectivity index (χ0v) is 16.0. The molecule has 1 aromatic carbocycles. The van der Waals surface area contributed by atoms with E-state index in [4.69, 9.17) is 0 Å². The molecule has 0 aromatic heterocycles. The van der Waals surface area contributed by atoms with Crippen LogP contribution in [0.5, 0.6) is 0 Å². The molecule has 0 aliphatic carbocycles. The molecule has 28 heavy (non-hydrogen) atoms. The highest BCUT2D eigenvalue weighted by Crippen LogP contribution is 2.30. The first-order valence-electron chi connectivity index (χ1n) is 9.59. The number of nitrogens with zero attached hydrogens (tertiary/aromatic N) is 1.